The van der Waals surface area contributed by atoms with Crippen LogP contribution in [0.15, 0.2) is 24.3 Å². The van der Waals surface area contributed by atoms with Gasteiger partial charge in [0.2, 0.25) is 5.91 Å². The Bertz CT molecular complexity index is 793. The number of aliphatic hydroxyl groups excluding tert-OH is 1. The molecule has 8 heteroatoms. The van der Waals surface area contributed by atoms with Gasteiger partial charge in [-0.15, -0.1) is 0 Å². The van der Waals surface area contributed by atoms with Gasteiger partial charge in [0.15, 0.2) is 6.19 Å². The normalized spacial score (nSPS) is 28.8. The summed E-state index contributed by atoms with van der Waals surface area (Å²) in [5.41, 5.74) is 6.93. The molecule has 1 aromatic carbocycles. The summed E-state index contributed by atoms with van der Waals surface area (Å²) >= 11 is 0. The van der Waals surface area contributed by atoms with E-state index in [0.717, 1.165) is 12.0 Å². The number of nitrogens with two attached hydrogens (primary N) is 1. The second kappa shape index (κ2) is 9.25. The number of ether oxygens (including phenoxy) is 1. The number of anilines is 1. The van der Waals surface area contributed by atoms with Crippen LogP contribution in [0.1, 0.15) is 37.3 Å². The highest BCUT2D eigenvalue weighted by Crippen LogP contribution is 2.47. The number of esters is 1. The van der Waals surface area contributed by atoms with E-state index in [4.69, 9.17) is 10.5 Å². The molecular formula is C21H28N4O4. The quantitative estimate of drug-likeness (QED) is 0.503. The summed E-state index contributed by atoms with van der Waals surface area (Å²) in [6.45, 7) is 0.765. The van der Waals surface area contributed by atoms with Crippen LogP contribution in [0.4, 0.5) is 5.69 Å². The molecule has 1 heterocycles. The molecule has 1 aromatic rings. The van der Waals surface area contributed by atoms with Crippen LogP contribution < -0.4 is 11.1 Å². The van der Waals surface area contributed by atoms with Crippen LogP contribution in [0.2, 0.25) is 0 Å². The number of hydrogen-bond donors (Lipinski definition) is 3. The summed E-state index contributed by atoms with van der Waals surface area (Å²) < 4.78 is 4.96. The maximum Gasteiger partial charge on any atom is 0.311 e. The fourth-order valence-electron chi connectivity index (χ4n) is 4.81. The molecule has 4 N–H and O–H groups in total. The first-order chi connectivity index (χ1) is 14.0. The fraction of sp³-hybridized carbons (Fsp3) is 0.571. The first kappa shape index (κ1) is 21.1. The number of amides is 1. The minimum absolute atomic E-state index is 0.0893. The Labute approximate surface area is 170 Å². The Kier molecular flexibility index (Phi) is 6.72. The molecule has 0 radical (unpaired) electrons. The van der Waals surface area contributed by atoms with Gasteiger partial charge in [-0.2, -0.15) is 5.26 Å². The molecule has 0 spiro atoms. The van der Waals surface area contributed by atoms with E-state index in [1.165, 1.54) is 7.11 Å². The molecule has 1 saturated heterocycles. The van der Waals surface area contributed by atoms with Crippen molar-refractivity contribution in [1.29, 1.82) is 5.26 Å². The number of rotatable bonds is 5. The lowest BCUT2D eigenvalue weighted by Gasteiger charge is -2.48. The lowest BCUT2D eigenvalue weighted by atomic mass is 9.65. The Morgan fingerprint density at radius 3 is 2.83 bits per heavy atom. The van der Waals surface area contributed by atoms with E-state index >= 15 is 0 Å². The SMILES string of the molecule is COC(=O)[C@@H]1[C@H]2C[C@@H](c3ccccc3NC(=O)CCN)N(C#N)C[C@@H]2CC[C@@H]1O. The number of hydrogen-bond acceptors (Lipinski definition) is 7. The third kappa shape index (κ3) is 4.36. The van der Waals surface area contributed by atoms with Crippen molar-refractivity contribution in [1.82, 2.24) is 4.90 Å². The fourth-order valence-corrected chi connectivity index (χ4v) is 4.81. The van der Waals surface area contributed by atoms with E-state index in [1.807, 2.05) is 18.2 Å². The summed E-state index contributed by atoms with van der Waals surface area (Å²) in [6, 6.07) is 7.08. The molecule has 2 fully saturated rings. The van der Waals surface area contributed by atoms with Crippen molar-refractivity contribution in [2.24, 2.45) is 23.5 Å². The van der Waals surface area contributed by atoms with Gasteiger partial charge in [0, 0.05) is 25.2 Å². The van der Waals surface area contributed by atoms with E-state index < -0.39 is 18.0 Å². The third-order valence-corrected chi connectivity index (χ3v) is 6.18. The van der Waals surface area contributed by atoms with Gasteiger partial charge >= 0.3 is 5.97 Å². The number of methoxy groups -OCH3 is 1. The molecule has 29 heavy (non-hydrogen) atoms. The highest BCUT2D eigenvalue weighted by Gasteiger charge is 2.48. The van der Waals surface area contributed by atoms with Gasteiger partial charge < -0.3 is 25.8 Å². The zero-order chi connectivity index (χ0) is 21.0. The van der Waals surface area contributed by atoms with Crippen LogP contribution in [0.5, 0.6) is 0 Å². The Morgan fingerprint density at radius 2 is 2.14 bits per heavy atom. The van der Waals surface area contributed by atoms with Crippen molar-refractivity contribution in [2.45, 2.75) is 37.8 Å². The number of nitrogens with zero attached hydrogens (tertiary/aromatic N) is 2. The Hall–Kier alpha value is -2.63. The van der Waals surface area contributed by atoms with Crippen molar-refractivity contribution >= 4 is 17.6 Å². The van der Waals surface area contributed by atoms with E-state index in [-0.39, 0.29) is 36.8 Å². The smallest absolute Gasteiger partial charge is 0.311 e. The first-order valence-corrected chi connectivity index (χ1v) is 10.0. The summed E-state index contributed by atoms with van der Waals surface area (Å²) in [5.74, 6) is -1.13. The number of carbonyl (C=O) groups is 2. The van der Waals surface area contributed by atoms with E-state index in [9.17, 15) is 20.0 Å². The minimum Gasteiger partial charge on any atom is -0.469 e. The molecule has 5 atom stereocenters. The van der Waals surface area contributed by atoms with Crippen molar-refractivity contribution in [3.8, 4) is 6.19 Å². The topological polar surface area (TPSA) is 129 Å². The highest BCUT2D eigenvalue weighted by atomic mass is 16.5. The number of nitriles is 1. The van der Waals surface area contributed by atoms with Crippen molar-refractivity contribution in [3.63, 3.8) is 0 Å². The molecule has 8 nitrogen and oxygen atoms in total. The Balaban J connectivity index is 1.92. The van der Waals surface area contributed by atoms with Gasteiger partial charge in [-0.05, 0) is 42.7 Å². The summed E-state index contributed by atoms with van der Waals surface area (Å²) in [5, 5.41) is 23.1. The van der Waals surface area contributed by atoms with Crippen LogP contribution in [-0.4, -0.2) is 48.2 Å². The van der Waals surface area contributed by atoms with E-state index in [1.54, 1.807) is 11.0 Å². The highest BCUT2D eigenvalue weighted by molar-refractivity contribution is 5.91. The van der Waals surface area contributed by atoms with Crippen LogP contribution in [-0.2, 0) is 14.3 Å². The summed E-state index contributed by atoms with van der Waals surface area (Å²) in [7, 11) is 1.34. The first-order valence-electron chi connectivity index (χ1n) is 10.0. The molecule has 0 aromatic heterocycles. The predicted octanol–water partition coefficient (Wildman–Crippen LogP) is 1.38. The number of piperidine rings is 1. The molecule has 2 aliphatic rings. The standard InChI is InChI=1S/C21H28N4O4/c1-29-21(28)20-15-10-17(25(12-23)11-13(15)6-7-18(20)26)14-4-2-3-5-16(14)24-19(27)8-9-22/h2-5,13,15,17-18,20,26H,6-11,22H2,1H3,(H,24,27)/t13-,15-,17-,18-,20+/m0/s1. The second-order valence-electron chi connectivity index (χ2n) is 7.80. The van der Waals surface area contributed by atoms with Gasteiger partial charge in [-0.25, -0.2) is 0 Å². The van der Waals surface area contributed by atoms with Crippen molar-refractivity contribution in [2.75, 3.05) is 25.5 Å². The average Bonchev–Trinajstić information content (AvgIpc) is 2.73. The lowest BCUT2D eigenvalue weighted by molar-refractivity contribution is -0.159. The lowest BCUT2D eigenvalue weighted by Crippen LogP contribution is -2.51. The summed E-state index contributed by atoms with van der Waals surface area (Å²) in [6.07, 6.45) is 3.57. The molecule has 1 amide bonds. The maximum absolute atomic E-state index is 12.4. The summed E-state index contributed by atoms with van der Waals surface area (Å²) in [4.78, 5) is 26.2. The van der Waals surface area contributed by atoms with Gasteiger partial charge in [0.05, 0.1) is 25.2 Å². The zero-order valence-electron chi connectivity index (χ0n) is 16.6. The van der Waals surface area contributed by atoms with Crippen LogP contribution >= 0.6 is 0 Å². The van der Waals surface area contributed by atoms with E-state index in [0.29, 0.717) is 25.1 Å². The number of fused-ring (bicyclic) bond motifs is 1. The molecular weight excluding hydrogens is 372 g/mol. The number of para-hydroxylation sites is 1. The molecule has 3 rings (SSSR count). The number of benzene rings is 1. The molecule has 1 aliphatic heterocycles. The van der Waals surface area contributed by atoms with Gasteiger partial charge in [-0.3, -0.25) is 9.59 Å². The monoisotopic (exact) mass is 400 g/mol. The molecule has 1 aliphatic carbocycles. The predicted molar refractivity (Wildman–Crippen MR) is 106 cm³/mol. The Morgan fingerprint density at radius 1 is 1.38 bits per heavy atom. The maximum atomic E-state index is 12.4. The van der Waals surface area contributed by atoms with E-state index in [2.05, 4.69) is 11.5 Å². The van der Waals surface area contributed by atoms with Crippen LogP contribution in [0.3, 0.4) is 0 Å². The molecule has 156 valence electrons. The van der Waals surface area contributed by atoms with Crippen molar-refractivity contribution < 1.29 is 19.4 Å². The zero-order valence-corrected chi connectivity index (χ0v) is 16.6. The largest absolute Gasteiger partial charge is 0.469 e. The minimum atomic E-state index is -0.738. The number of carbonyl (C=O) groups excluding carboxylic acids is 2. The van der Waals surface area contributed by atoms with Gasteiger partial charge in [0.25, 0.3) is 0 Å². The van der Waals surface area contributed by atoms with Crippen LogP contribution in [0, 0.1) is 29.2 Å². The number of nitrogens with one attached hydrogen (secondary N) is 1. The molecule has 1 saturated carbocycles. The van der Waals surface area contributed by atoms with Crippen molar-refractivity contribution in [3.05, 3.63) is 29.8 Å². The molecule has 0 bridgehead atoms. The molecule has 0 unspecified atom stereocenters. The van der Waals surface area contributed by atoms with Gasteiger partial charge in [-0.1, -0.05) is 18.2 Å². The second-order valence-corrected chi connectivity index (χ2v) is 7.80. The average molecular weight is 400 g/mol. The third-order valence-electron chi connectivity index (χ3n) is 6.18. The number of likely N-dealkylation sites (tertiary alicyclic amines) is 1. The van der Waals surface area contributed by atoms with Crippen LogP contribution in [0.25, 0.3) is 0 Å². The number of aliphatic hydroxyl groups is 1. The van der Waals surface area contributed by atoms with Gasteiger partial charge in [0.1, 0.15) is 0 Å².